The van der Waals surface area contributed by atoms with Crippen LogP contribution in [0.2, 0.25) is 0 Å². The summed E-state index contributed by atoms with van der Waals surface area (Å²) in [5.41, 5.74) is 2.29. The summed E-state index contributed by atoms with van der Waals surface area (Å²) >= 11 is 0. The van der Waals surface area contributed by atoms with Gasteiger partial charge >= 0.3 is 0 Å². The second-order valence-corrected chi connectivity index (χ2v) is 8.36. The zero-order chi connectivity index (χ0) is 14.3. The number of hydrogen-bond acceptors (Lipinski definition) is 2. The van der Waals surface area contributed by atoms with Crippen molar-refractivity contribution in [2.24, 2.45) is 0 Å². The maximum Gasteiger partial charge on any atom is 0.137 e. The van der Waals surface area contributed by atoms with Gasteiger partial charge in [-0.1, -0.05) is 12.8 Å². The average molecular weight is 289 g/mol. The van der Waals surface area contributed by atoms with Crippen LogP contribution in [-0.2, 0) is 0 Å². The second kappa shape index (κ2) is 5.01. The first kappa shape index (κ1) is 13.8. The monoisotopic (exact) mass is 289 g/mol. The first-order chi connectivity index (χ1) is 9.49. The molecule has 1 atom stereocenters. The molecule has 3 rings (SSSR count). The van der Waals surface area contributed by atoms with Crippen molar-refractivity contribution in [3.8, 4) is 0 Å². The molecule has 1 fully saturated rings. The Labute approximate surface area is 123 Å². The molecule has 0 aromatic carbocycles. The zero-order valence-electron chi connectivity index (χ0n) is 12.6. The SMILES string of the molecule is C=S(c1cnc2cc(C)ccn12)C1(C)CCN(C)CC1. The number of aryl methyl sites for hydroxylation is 1. The van der Waals surface area contributed by atoms with E-state index in [1.165, 1.54) is 36.5 Å². The normalized spacial score (nSPS) is 21.1. The fourth-order valence-corrected chi connectivity index (χ4v) is 4.58. The van der Waals surface area contributed by atoms with E-state index in [1.807, 2.05) is 6.20 Å². The molecule has 20 heavy (non-hydrogen) atoms. The lowest BCUT2D eigenvalue weighted by molar-refractivity contribution is 0.247. The fraction of sp³-hybridized carbons (Fsp3) is 0.500. The summed E-state index contributed by atoms with van der Waals surface area (Å²) in [6.07, 6.45) is 6.59. The predicted octanol–water partition coefficient (Wildman–Crippen LogP) is 3.19. The highest BCUT2D eigenvalue weighted by Gasteiger charge is 2.32. The molecular weight excluding hydrogens is 266 g/mol. The molecule has 0 bridgehead atoms. The molecular formula is C16H23N3S. The van der Waals surface area contributed by atoms with Crippen molar-refractivity contribution < 1.29 is 0 Å². The predicted molar refractivity (Wildman–Crippen MR) is 88.0 cm³/mol. The maximum atomic E-state index is 4.56. The maximum absolute atomic E-state index is 4.56. The number of pyridine rings is 1. The van der Waals surface area contributed by atoms with Gasteiger partial charge in [-0.2, -0.15) is 0 Å². The van der Waals surface area contributed by atoms with Crippen molar-refractivity contribution >= 4 is 22.0 Å². The molecule has 3 heterocycles. The first-order valence-electron chi connectivity index (χ1n) is 7.16. The third-order valence-corrected chi connectivity index (χ3v) is 6.93. The number of likely N-dealkylation sites (tertiary alicyclic amines) is 1. The van der Waals surface area contributed by atoms with Crippen LogP contribution >= 0.6 is 10.5 Å². The molecule has 0 amide bonds. The highest BCUT2D eigenvalue weighted by molar-refractivity contribution is 8.15. The van der Waals surface area contributed by atoms with Crippen molar-refractivity contribution in [3.63, 3.8) is 0 Å². The summed E-state index contributed by atoms with van der Waals surface area (Å²) in [6, 6.07) is 4.28. The summed E-state index contributed by atoms with van der Waals surface area (Å²) in [5, 5.41) is 1.27. The number of imidazole rings is 1. The zero-order valence-corrected chi connectivity index (χ0v) is 13.4. The van der Waals surface area contributed by atoms with E-state index in [0.29, 0.717) is 4.75 Å². The van der Waals surface area contributed by atoms with Crippen LogP contribution in [0, 0.1) is 6.92 Å². The molecule has 4 heteroatoms. The first-order valence-corrected chi connectivity index (χ1v) is 8.55. The number of hydrogen-bond donors (Lipinski definition) is 0. The van der Waals surface area contributed by atoms with Gasteiger partial charge < -0.3 is 4.90 Å². The largest absolute Gasteiger partial charge is 0.306 e. The lowest BCUT2D eigenvalue weighted by atomic mass is 9.98. The number of nitrogens with zero attached hydrogens (tertiary/aromatic N) is 3. The van der Waals surface area contributed by atoms with Crippen LogP contribution in [0.1, 0.15) is 25.3 Å². The van der Waals surface area contributed by atoms with E-state index in [9.17, 15) is 0 Å². The highest BCUT2D eigenvalue weighted by Crippen LogP contribution is 2.45. The Balaban J connectivity index is 1.96. The third kappa shape index (κ3) is 2.31. The van der Waals surface area contributed by atoms with E-state index in [2.05, 4.69) is 59.4 Å². The van der Waals surface area contributed by atoms with Crippen LogP contribution in [0.5, 0.6) is 0 Å². The Morgan fingerprint density at radius 2 is 2.05 bits per heavy atom. The number of piperidine rings is 1. The molecule has 0 spiro atoms. The van der Waals surface area contributed by atoms with Crippen LogP contribution in [-0.4, -0.2) is 45.0 Å². The smallest absolute Gasteiger partial charge is 0.137 e. The van der Waals surface area contributed by atoms with Crippen molar-refractivity contribution in [1.82, 2.24) is 14.3 Å². The van der Waals surface area contributed by atoms with Crippen molar-refractivity contribution in [1.29, 1.82) is 0 Å². The van der Waals surface area contributed by atoms with Gasteiger partial charge in [0, 0.05) is 10.9 Å². The van der Waals surface area contributed by atoms with Gasteiger partial charge in [0.1, 0.15) is 5.65 Å². The molecule has 1 unspecified atom stereocenters. The molecule has 0 radical (unpaired) electrons. The van der Waals surface area contributed by atoms with Gasteiger partial charge in [0.15, 0.2) is 0 Å². The summed E-state index contributed by atoms with van der Waals surface area (Å²) in [4.78, 5) is 6.97. The molecule has 0 aliphatic carbocycles. The molecule has 2 aromatic rings. The van der Waals surface area contributed by atoms with E-state index >= 15 is 0 Å². The Kier molecular flexibility index (Phi) is 3.46. The van der Waals surface area contributed by atoms with E-state index in [0.717, 1.165) is 5.65 Å². The van der Waals surface area contributed by atoms with Crippen LogP contribution in [0.15, 0.2) is 29.6 Å². The van der Waals surface area contributed by atoms with Gasteiger partial charge in [0.2, 0.25) is 0 Å². The van der Waals surface area contributed by atoms with E-state index in [-0.39, 0.29) is 10.5 Å². The van der Waals surface area contributed by atoms with Crippen LogP contribution in [0.3, 0.4) is 0 Å². The Hall–Kier alpha value is -1.13. The van der Waals surface area contributed by atoms with Crippen molar-refractivity contribution in [3.05, 3.63) is 30.1 Å². The number of rotatable bonds is 2. The van der Waals surface area contributed by atoms with E-state index in [1.54, 1.807) is 0 Å². The van der Waals surface area contributed by atoms with Crippen molar-refractivity contribution in [2.45, 2.75) is 36.5 Å². The lowest BCUT2D eigenvalue weighted by Crippen LogP contribution is -2.39. The van der Waals surface area contributed by atoms with Gasteiger partial charge in [-0.15, -0.1) is 10.5 Å². The summed E-state index contributed by atoms with van der Waals surface area (Å²) < 4.78 is 2.51. The molecule has 2 aromatic heterocycles. The molecule has 0 N–H and O–H groups in total. The molecule has 1 aliphatic heterocycles. The van der Waals surface area contributed by atoms with Gasteiger partial charge in [-0.25, -0.2) is 4.98 Å². The standard InChI is InChI=1S/C16H23N3S/c1-13-5-8-19-14(11-13)17-12-15(19)20(4)16(2)6-9-18(3)10-7-16/h5,8,11-12H,4,6-7,9-10H2,1-3H3. The van der Waals surface area contributed by atoms with Crippen LogP contribution in [0.25, 0.3) is 5.65 Å². The van der Waals surface area contributed by atoms with E-state index < -0.39 is 0 Å². The Bertz CT molecular complexity index is 651. The fourth-order valence-electron chi connectivity index (χ4n) is 2.83. The Morgan fingerprint density at radius 1 is 1.35 bits per heavy atom. The molecule has 108 valence electrons. The van der Waals surface area contributed by atoms with Gasteiger partial charge in [-0.05, 0) is 57.6 Å². The number of fused-ring (bicyclic) bond motifs is 1. The quantitative estimate of drug-likeness (QED) is 0.792. The van der Waals surface area contributed by atoms with Gasteiger partial charge in [-0.3, -0.25) is 4.40 Å². The summed E-state index contributed by atoms with van der Waals surface area (Å²) in [7, 11) is 2.18. The molecule has 1 saturated heterocycles. The van der Waals surface area contributed by atoms with Gasteiger partial charge in [0.25, 0.3) is 0 Å². The summed E-state index contributed by atoms with van der Waals surface area (Å²) in [5.74, 6) is 4.52. The molecule has 0 saturated carbocycles. The Morgan fingerprint density at radius 3 is 2.75 bits per heavy atom. The van der Waals surface area contributed by atoms with E-state index in [4.69, 9.17) is 0 Å². The lowest BCUT2D eigenvalue weighted by Gasteiger charge is -2.39. The topological polar surface area (TPSA) is 20.5 Å². The van der Waals surface area contributed by atoms with Crippen LogP contribution in [0.4, 0.5) is 0 Å². The molecule has 1 aliphatic rings. The summed E-state index contributed by atoms with van der Waals surface area (Å²) in [6.45, 7) is 6.84. The number of aromatic nitrogens is 2. The van der Waals surface area contributed by atoms with Crippen molar-refractivity contribution in [2.75, 3.05) is 20.1 Å². The second-order valence-electron chi connectivity index (χ2n) is 6.17. The molecule has 3 nitrogen and oxygen atoms in total. The minimum Gasteiger partial charge on any atom is -0.306 e. The minimum absolute atomic E-state index is 0.0266. The van der Waals surface area contributed by atoms with Gasteiger partial charge in [0.05, 0.1) is 11.2 Å². The third-order valence-electron chi connectivity index (χ3n) is 4.53. The highest BCUT2D eigenvalue weighted by atomic mass is 32.2. The minimum atomic E-state index is -0.0266. The van der Waals surface area contributed by atoms with Crippen LogP contribution < -0.4 is 0 Å². The average Bonchev–Trinajstić information content (AvgIpc) is 2.84.